The number of aromatic nitrogens is 2. The van der Waals surface area contributed by atoms with Crippen LogP contribution in [0.1, 0.15) is 0 Å². The highest BCUT2D eigenvalue weighted by molar-refractivity contribution is 14.1. The van der Waals surface area contributed by atoms with Crippen molar-refractivity contribution in [3.63, 3.8) is 0 Å². The Morgan fingerprint density at radius 3 is 2.53 bits per heavy atom. The van der Waals surface area contributed by atoms with Crippen molar-refractivity contribution in [1.29, 1.82) is 0 Å². The molecule has 0 aliphatic rings. The van der Waals surface area contributed by atoms with Crippen molar-refractivity contribution in [3.8, 4) is 11.4 Å². The van der Waals surface area contributed by atoms with Gasteiger partial charge in [0, 0.05) is 28.1 Å². The van der Waals surface area contributed by atoms with Gasteiger partial charge in [-0.05, 0) is 34.7 Å². The number of hydrogen-bond donors (Lipinski definition) is 0. The van der Waals surface area contributed by atoms with Gasteiger partial charge in [-0.2, -0.15) is 0 Å². The largest absolute Gasteiger partial charge is 0.522 e. The van der Waals surface area contributed by atoms with Crippen LogP contribution in [0, 0.1) is 3.57 Å². The second-order valence-corrected chi connectivity index (χ2v) is 4.99. The van der Waals surface area contributed by atoms with Gasteiger partial charge in [0.25, 0.3) is 0 Å². The number of hydrogen-bond acceptors (Lipinski definition) is 2. The number of halogens is 4. The van der Waals surface area contributed by atoms with Crippen molar-refractivity contribution >= 4 is 22.6 Å². The molecule has 1 aromatic heterocycles. The number of rotatable bonds is 4. The van der Waals surface area contributed by atoms with Gasteiger partial charge in [0.05, 0.1) is 6.61 Å². The number of imidazole rings is 1. The summed E-state index contributed by atoms with van der Waals surface area (Å²) in [5, 5.41) is 0. The molecule has 0 aliphatic carbocycles. The second-order valence-electron chi connectivity index (χ2n) is 3.75. The Labute approximate surface area is 121 Å². The van der Waals surface area contributed by atoms with Crippen LogP contribution in [0.3, 0.4) is 0 Å². The highest BCUT2D eigenvalue weighted by Gasteiger charge is 2.28. The van der Waals surface area contributed by atoms with Gasteiger partial charge < -0.3 is 4.57 Å². The van der Waals surface area contributed by atoms with Crippen LogP contribution in [0.25, 0.3) is 11.4 Å². The fourth-order valence-corrected chi connectivity index (χ4v) is 1.97. The Hall–Kier alpha value is -1.09. The molecule has 0 radical (unpaired) electrons. The lowest BCUT2D eigenvalue weighted by molar-refractivity contribution is -0.325. The van der Waals surface area contributed by atoms with E-state index in [1.807, 2.05) is 24.3 Å². The molecule has 0 spiro atoms. The molecule has 0 amide bonds. The molecule has 19 heavy (non-hydrogen) atoms. The molecule has 102 valence electrons. The molecule has 0 unspecified atom stereocenters. The van der Waals surface area contributed by atoms with E-state index in [0.717, 1.165) is 9.13 Å². The van der Waals surface area contributed by atoms with Gasteiger partial charge in [-0.3, -0.25) is 4.74 Å². The van der Waals surface area contributed by atoms with Crippen LogP contribution in [0.5, 0.6) is 0 Å². The summed E-state index contributed by atoms with van der Waals surface area (Å²) >= 11 is 2.18. The van der Waals surface area contributed by atoms with E-state index < -0.39 is 13.0 Å². The normalized spacial score (nSPS) is 11.8. The fourth-order valence-electron chi connectivity index (χ4n) is 1.61. The fraction of sp³-hybridized carbons (Fsp3) is 0.250. The topological polar surface area (TPSA) is 27.1 Å². The molecule has 2 aromatic rings. The minimum Gasteiger partial charge on any atom is -0.329 e. The van der Waals surface area contributed by atoms with Crippen LogP contribution >= 0.6 is 22.6 Å². The van der Waals surface area contributed by atoms with Crippen molar-refractivity contribution in [2.75, 3.05) is 6.61 Å². The molecule has 1 aromatic carbocycles. The molecule has 0 saturated carbocycles. The zero-order valence-electron chi connectivity index (χ0n) is 9.69. The van der Waals surface area contributed by atoms with Gasteiger partial charge in [-0.25, -0.2) is 4.98 Å². The average Bonchev–Trinajstić information content (AvgIpc) is 2.77. The predicted octanol–water partition coefficient (Wildman–Crippen LogP) is 3.69. The van der Waals surface area contributed by atoms with Crippen LogP contribution in [-0.2, 0) is 11.3 Å². The lowest BCUT2D eigenvalue weighted by Crippen LogP contribution is -2.17. The summed E-state index contributed by atoms with van der Waals surface area (Å²) < 4.78 is 42.2. The molecule has 3 nitrogen and oxygen atoms in total. The summed E-state index contributed by atoms with van der Waals surface area (Å²) in [5.74, 6) is 0.627. The summed E-state index contributed by atoms with van der Waals surface area (Å²) in [6.45, 7) is -0.335. The van der Waals surface area contributed by atoms with Gasteiger partial charge in [-0.1, -0.05) is 12.1 Å². The number of ether oxygens (including phenoxy) is 1. The monoisotopic (exact) mass is 382 g/mol. The van der Waals surface area contributed by atoms with Crippen LogP contribution in [0.2, 0.25) is 0 Å². The van der Waals surface area contributed by atoms with E-state index in [0.29, 0.717) is 5.82 Å². The summed E-state index contributed by atoms with van der Waals surface area (Å²) in [6, 6.07) is 7.60. The minimum atomic E-state index is -4.59. The minimum absolute atomic E-state index is 0.0980. The van der Waals surface area contributed by atoms with Crippen LogP contribution in [0.15, 0.2) is 36.7 Å². The van der Waals surface area contributed by atoms with Crippen molar-refractivity contribution in [2.24, 2.45) is 0 Å². The van der Waals surface area contributed by atoms with E-state index in [1.165, 1.54) is 0 Å². The molecule has 0 aliphatic heterocycles. The standard InChI is InChI=1S/C12H10F3IN2O/c13-12(14,15)19-8-7-18-6-5-17-11(18)9-1-3-10(16)4-2-9/h1-6H,7-8H2. The summed E-state index contributed by atoms with van der Waals surface area (Å²) in [5.41, 5.74) is 0.859. The van der Waals surface area contributed by atoms with E-state index in [2.05, 4.69) is 32.3 Å². The van der Waals surface area contributed by atoms with Gasteiger partial charge >= 0.3 is 6.36 Å². The molecule has 0 saturated heterocycles. The molecule has 7 heteroatoms. The van der Waals surface area contributed by atoms with Gasteiger partial charge in [0.15, 0.2) is 0 Å². The third-order valence-electron chi connectivity index (χ3n) is 2.42. The molecule has 0 N–H and O–H groups in total. The SMILES string of the molecule is FC(F)(F)OCCn1ccnc1-c1ccc(I)cc1. The van der Waals surface area contributed by atoms with E-state index in [1.54, 1.807) is 17.0 Å². The van der Waals surface area contributed by atoms with Gasteiger partial charge in [0.1, 0.15) is 5.82 Å². The average molecular weight is 382 g/mol. The Bertz CT molecular complexity index is 537. The van der Waals surface area contributed by atoms with E-state index >= 15 is 0 Å². The summed E-state index contributed by atoms with van der Waals surface area (Å²) in [7, 11) is 0. The third-order valence-corrected chi connectivity index (χ3v) is 3.13. The van der Waals surface area contributed by atoms with Gasteiger partial charge in [0.2, 0.25) is 0 Å². The third kappa shape index (κ3) is 4.20. The first-order valence-electron chi connectivity index (χ1n) is 5.43. The Balaban J connectivity index is 2.07. The van der Waals surface area contributed by atoms with E-state index in [9.17, 15) is 13.2 Å². The summed E-state index contributed by atoms with van der Waals surface area (Å²) in [4.78, 5) is 4.15. The van der Waals surface area contributed by atoms with Crippen molar-refractivity contribution in [1.82, 2.24) is 9.55 Å². The maximum absolute atomic E-state index is 11.9. The van der Waals surface area contributed by atoms with E-state index in [4.69, 9.17) is 0 Å². The molecule has 2 rings (SSSR count). The molecular weight excluding hydrogens is 372 g/mol. The molecule has 1 heterocycles. The predicted molar refractivity (Wildman–Crippen MR) is 72.4 cm³/mol. The van der Waals surface area contributed by atoms with Crippen LogP contribution in [0.4, 0.5) is 13.2 Å². The first kappa shape index (κ1) is 14.3. The summed E-state index contributed by atoms with van der Waals surface area (Å²) in [6.07, 6.45) is -1.41. The van der Waals surface area contributed by atoms with Crippen LogP contribution < -0.4 is 0 Å². The molecular formula is C12H10F3IN2O. The first-order valence-corrected chi connectivity index (χ1v) is 6.51. The van der Waals surface area contributed by atoms with Crippen LogP contribution in [-0.4, -0.2) is 22.5 Å². The Kier molecular flexibility index (Phi) is 4.46. The highest BCUT2D eigenvalue weighted by Crippen LogP contribution is 2.20. The maximum atomic E-state index is 11.9. The van der Waals surface area contributed by atoms with E-state index in [-0.39, 0.29) is 6.54 Å². The highest BCUT2D eigenvalue weighted by atomic mass is 127. The van der Waals surface area contributed by atoms with Crippen molar-refractivity contribution < 1.29 is 17.9 Å². The Morgan fingerprint density at radius 2 is 1.89 bits per heavy atom. The first-order chi connectivity index (χ1) is 8.96. The number of benzene rings is 1. The number of alkyl halides is 3. The number of nitrogens with zero attached hydrogens (tertiary/aromatic N) is 2. The Morgan fingerprint density at radius 1 is 1.21 bits per heavy atom. The molecule has 0 fully saturated rings. The zero-order chi connectivity index (χ0) is 13.9. The molecule has 0 atom stereocenters. The lowest BCUT2D eigenvalue weighted by Gasteiger charge is -2.10. The maximum Gasteiger partial charge on any atom is 0.522 e. The van der Waals surface area contributed by atoms with Gasteiger partial charge in [-0.15, -0.1) is 13.2 Å². The van der Waals surface area contributed by atoms with Crippen molar-refractivity contribution in [2.45, 2.75) is 12.9 Å². The van der Waals surface area contributed by atoms with Crippen molar-refractivity contribution in [3.05, 3.63) is 40.2 Å². The second kappa shape index (κ2) is 5.91. The quantitative estimate of drug-likeness (QED) is 0.755. The zero-order valence-corrected chi connectivity index (χ0v) is 11.9. The lowest BCUT2D eigenvalue weighted by atomic mass is 10.2. The molecule has 0 bridgehead atoms. The smallest absolute Gasteiger partial charge is 0.329 e.